The topological polar surface area (TPSA) is 31.4 Å². The molecule has 0 spiro atoms. The second-order valence-electron chi connectivity index (χ2n) is 3.69. The minimum Gasteiger partial charge on any atom is -0.488 e. The predicted octanol–water partition coefficient (Wildman–Crippen LogP) is 4.27. The van der Waals surface area contributed by atoms with E-state index in [9.17, 15) is 0 Å². The molecular weight excluding hydrogens is 341 g/mol. The second kappa shape index (κ2) is 6.58. The zero-order chi connectivity index (χ0) is 12.8. The molecule has 2 rings (SSSR count). The van der Waals surface area contributed by atoms with Gasteiger partial charge >= 0.3 is 0 Å². The summed E-state index contributed by atoms with van der Waals surface area (Å²) >= 11 is 2.23. The van der Waals surface area contributed by atoms with E-state index >= 15 is 0 Å². The Balaban J connectivity index is 2.21. The van der Waals surface area contributed by atoms with Crippen LogP contribution < -0.4 is 9.47 Å². The fraction of sp³-hybridized carbons (Fsp3) is 0.214. The molecule has 0 amide bonds. The van der Waals surface area contributed by atoms with E-state index in [-0.39, 0.29) is 0 Å². The van der Waals surface area contributed by atoms with Crippen molar-refractivity contribution in [1.29, 1.82) is 0 Å². The Morgan fingerprint density at radius 3 is 2.67 bits per heavy atom. The van der Waals surface area contributed by atoms with E-state index in [1.807, 2.05) is 36.4 Å². The molecule has 0 unspecified atom stereocenters. The second-order valence-corrected chi connectivity index (χ2v) is 4.85. The molecule has 1 aromatic carbocycles. The van der Waals surface area contributed by atoms with Gasteiger partial charge in [-0.05, 0) is 53.3 Å². The number of benzene rings is 1. The Bertz CT molecular complexity index is 517. The number of para-hydroxylation sites is 1. The van der Waals surface area contributed by atoms with Crippen molar-refractivity contribution in [3.8, 4) is 17.4 Å². The number of halogens is 1. The maximum Gasteiger partial charge on any atom is 0.262 e. The Morgan fingerprint density at radius 1 is 1.11 bits per heavy atom. The van der Waals surface area contributed by atoms with Crippen LogP contribution in [0.5, 0.6) is 17.4 Å². The number of aromatic nitrogens is 1. The normalized spacial score (nSPS) is 10.1. The molecule has 0 fully saturated rings. The van der Waals surface area contributed by atoms with Gasteiger partial charge in [-0.25, -0.2) is 4.98 Å². The summed E-state index contributed by atoms with van der Waals surface area (Å²) in [6.45, 7) is 2.73. The van der Waals surface area contributed by atoms with E-state index in [2.05, 4.69) is 34.5 Å². The van der Waals surface area contributed by atoms with Crippen molar-refractivity contribution in [2.24, 2.45) is 0 Å². The molecule has 0 bridgehead atoms. The van der Waals surface area contributed by atoms with Gasteiger partial charge in [-0.1, -0.05) is 19.1 Å². The molecule has 2 aromatic rings. The highest BCUT2D eigenvalue weighted by atomic mass is 127. The summed E-state index contributed by atoms with van der Waals surface area (Å²) in [5.74, 6) is 1.98. The monoisotopic (exact) mass is 355 g/mol. The molecule has 0 radical (unpaired) electrons. The molecule has 0 saturated carbocycles. The number of rotatable bonds is 5. The van der Waals surface area contributed by atoms with Gasteiger partial charge in [0, 0.05) is 6.20 Å². The van der Waals surface area contributed by atoms with Gasteiger partial charge < -0.3 is 9.47 Å². The lowest BCUT2D eigenvalue weighted by atomic mass is 10.3. The molecular formula is C14H14INO2. The SMILES string of the molecule is CCCOc1cccnc1Oc1ccccc1I. The van der Waals surface area contributed by atoms with Crippen LogP contribution in [-0.4, -0.2) is 11.6 Å². The van der Waals surface area contributed by atoms with Crippen LogP contribution in [0.4, 0.5) is 0 Å². The van der Waals surface area contributed by atoms with Crippen molar-refractivity contribution in [2.75, 3.05) is 6.61 Å². The average Bonchev–Trinajstić information content (AvgIpc) is 2.40. The number of pyridine rings is 1. The van der Waals surface area contributed by atoms with Crippen molar-refractivity contribution >= 4 is 22.6 Å². The number of hydrogen-bond acceptors (Lipinski definition) is 3. The Kier molecular flexibility index (Phi) is 4.81. The van der Waals surface area contributed by atoms with Gasteiger partial charge in [0.25, 0.3) is 5.88 Å². The molecule has 4 heteroatoms. The van der Waals surface area contributed by atoms with Gasteiger partial charge in [-0.3, -0.25) is 0 Å². The first kappa shape index (κ1) is 13.1. The number of hydrogen-bond donors (Lipinski definition) is 0. The zero-order valence-electron chi connectivity index (χ0n) is 10.1. The van der Waals surface area contributed by atoms with Gasteiger partial charge in [-0.15, -0.1) is 0 Å². The first-order valence-corrected chi connectivity index (χ1v) is 6.89. The lowest BCUT2D eigenvalue weighted by Crippen LogP contribution is -1.99. The molecule has 0 aliphatic rings. The largest absolute Gasteiger partial charge is 0.488 e. The molecule has 0 N–H and O–H groups in total. The number of nitrogens with zero attached hydrogens (tertiary/aromatic N) is 1. The standard InChI is InChI=1S/C14H14INO2/c1-2-10-17-13-8-5-9-16-14(13)18-12-7-4-3-6-11(12)15/h3-9H,2,10H2,1H3. The van der Waals surface area contributed by atoms with E-state index in [1.165, 1.54) is 0 Å². The maximum atomic E-state index is 5.79. The van der Waals surface area contributed by atoms with Crippen LogP contribution in [0.3, 0.4) is 0 Å². The molecule has 0 aliphatic carbocycles. The van der Waals surface area contributed by atoms with Crippen LogP contribution in [0.25, 0.3) is 0 Å². The van der Waals surface area contributed by atoms with Gasteiger partial charge in [0.15, 0.2) is 5.75 Å². The summed E-state index contributed by atoms with van der Waals surface area (Å²) < 4.78 is 12.4. The van der Waals surface area contributed by atoms with Crippen LogP contribution in [0, 0.1) is 3.57 Å². The lowest BCUT2D eigenvalue weighted by Gasteiger charge is -2.11. The van der Waals surface area contributed by atoms with Gasteiger partial charge in [0.2, 0.25) is 0 Å². The van der Waals surface area contributed by atoms with Crippen molar-refractivity contribution < 1.29 is 9.47 Å². The van der Waals surface area contributed by atoms with Crippen LogP contribution in [0.1, 0.15) is 13.3 Å². The smallest absolute Gasteiger partial charge is 0.262 e. The van der Waals surface area contributed by atoms with Crippen LogP contribution >= 0.6 is 22.6 Å². The van der Waals surface area contributed by atoms with Crippen molar-refractivity contribution in [1.82, 2.24) is 4.98 Å². The number of ether oxygens (including phenoxy) is 2. The van der Waals surface area contributed by atoms with Crippen molar-refractivity contribution in [2.45, 2.75) is 13.3 Å². The average molecular weight is 355 g/mol. The van der Waals surface area contributed by atoms with Crippen LogP contribution in [-0.2, 0) is 0 Å². The van der Waals surface area contributed by atoms with Crippen LogP contribution in [0.15, 0.2) is 42.6 Å². The third-order valence-electron chi connectivity index (χ3n) is 2.24. The summed E-state index contributed by atoms with van der Waals surface area (Å²) in [7, 11) is 0. The molecule has 0 atom stereocenters. The maximum absolute atomic E-state index is 5.79. The van der Waals surface area contributed by atoms with Gasteiger partial charge in [0.05, 0.1) is 10.2 Å². The first-order chi connectivity index (χ1) is 8.81. The highest BCUT2D eigenvalue weighted by Gasteiger charge is 2.08. The predicted molar refractivity (Wildman–Crippen MR) is 79.3 cm³/mol. The van der Waals surface area contributed by atoms with E-state index in [1.54, 1.807) is 6.20 Å². The minimum atomic E-state index is 0.509. The third kappa shape index (κ3) is 3.35. The van der Waals surface area contributed by atoms with E-state index in [0.717, 1.165) is 15.7 Å². The van der Waals surface area contributed by atoms with Gasteiger partial charge in [-0.2, -0.15) is 0 Å². The fourth-order valence-electron chi connectivity index (χ4n) is 1.41. The van der Waals surface area contributed by atoms with Crippen molar-refractivity contribution in [3.63, 3.8) is 0 Å². The highest BCUT2D eigenvalue weighted by molar-refractivity contribution is 14.1. The minimum absolute atomic E-state index is 0.509. The van der Waals surface area contributed by atoms with Crippen molar-refractivity contribution in [3.05, 3.63) is 46.2 Å². The fourth-order valence-corrected chi connectivity index (χ4v) is 1.90. The third-order valence-corrected chi connectivity index (χ3v) is 3.13. The first-order valence-electron chi connectivity index (χ1n) is 5.81. The molecule has 1 aromatic heterocycles. The van der Waals surface area contributed by atoms with E-state index in [4.69, 9.17) is 9.47 Å². The highest BCUT2D eigenvalue weighted by Crippen LogP contribution is 2.31. The Labute approximate surface area is 120 Å². The Hall–Kier alpha value is -1.30. The summed E-state index contributed by atoms with van der Waals surface area (Å²) in [5, 5.41) is 0. The van der Waals surface area contributed by atoms with E-state index in [0.29, 0.717) is 18.2 Å². The zero-order valence-corrected chi connectivity index (χ0v) is 12.3. The molecule has 3 nitrogen and oxygen atoms in total. The molecule has 18 heavy (non-hydrogen) atoms. The summed E-state index contributed by atoms with van der Waals surface area (Å²) in [6, 6.07) is 11.5. The Morgan fingerprint density at radius 2 is 1.89 bits per heavy atom. The molecule has 0 saturated heterocycles. The lowest BCUT2D eigenvalue weighted by molar-refractivity contribution is 0.297. The molecule has 1 heterocycles. The molecule has 0 aliphatic heterocycles. The summed E-state index contributed by atoms with van der Waals surface area (Å²) in [6.07, 6.45) is 2.65. The molecule has 94 valence electrons. The van der Waals surface area contributed by atoms with Gasteiger partial charge in [0.1, 0.15) is 5.75 Å². The summed E-state index contributed by atoms with van der Waals surface area (Å²) in [4.78, 5) is 4.22. The van der Waals surface area contributed by atoms with Crippen LogP contribution in [0.2, 0.25) is 0 Å². The quantitative estimate of drug-likeness (QED) is 0.751. The summed E-state index contributed by atoms with van der Waals surface area (Å²) in [5.41, 5.74) is 0. The van der Waals surface area contributed by atoms with E-state index < -0.39 is 0 Å².